The number of aromatic hydroxyl groups is 1. The summed E-state index contributed by atoms with van der Waals surface area (Å²) in [7, 11) is 0. The summed E-state index contributed by atoms with van der Waals surface area (Å²) in [6.07, 6.45) is 6.14. The Morgan fingerprint density at radius 1 is 1.19 bits per heavy atom. The molecule has 2 aliphatic carbocycles. The lowest BCUT2D eigenvalue weighted by Crippen LogP contribution is -2.37. The van der Waals surface area contributed by atoms with Crippen molar-refractivity contribution in [2.75, 3.05) is 0 Å². The molecule has 1 aromatic carbocycles. The minimum Gasteiger partial charge on any atom is -0.508 e. The Balaban J connectivity index is 2.05. The van der Waals surface area contributed by atoms with Gasteiger partial charge < -0.3 is 10.2 Å². The largest absolute Gasteiger partial charge is 0.508 e. The standard InChI is InChI=1S/C19H28O2/c1-18(2)9-5-6-13-14-11-17(20)16(19(3,4)21)10-12(14)7-8-15(13)18/h10-11,13,15,20-21H,5-9H2,1-4H3/t13-,15-/m1/s1. The van der Waals surface area contributed by atoms with Gasteiger partial charge in [0.05, 0.1) is 5.60 Å². The fourth-order valence-corrected chi connectivity index (χ4v) is 4.68. The van der Waals surface area contributed by atoms with Crippen LogP contribution in [0.2, 0.25) is 0 Å². The van der Waals surface area contributed by atoms with E-state index >= 15 is 0 Å². The van der Waals surface area contributed by atoms with Crippen LogP contribution in [0.3, 0.4) is 0 Å². The number of benzene rings is 1. The Labute approximate surface area is 128 Å². The molecule has 2 N–H and O–H groups in total. The van der Waals surface area contributed by atoms with E-state index in [4.69, 9.17) is 0 Å². The molecule has 1 fully saturated rings. The number of rotatable bonds is 1. The van der Waals surface area contributed by atoms with Gasteiger partial charge in [0.15, 0.2) is 0 Å². The number of hydrogen-bond donors (Lipinski definition) is 2. The van der Waals surface area contributed by atoms with Crippen LogP contribution in [0.1, 0.15) is 76.0 Å². The van der Waals surface area contributed by atoms with Gasteiger partial charge in [0.2, 0.25) is 0 Å². The van der Waals surface area contributed by atoms with E-state index in [-0.39, 0.29) is 5.75 Å². The van der Waals surface area contributed by atoms with Crippen LogP contribution in [-0.2, 0) is 12.0 Å². The lowest BCUT2D eigenvalue weighted by atomic mass is 9.57. The van der Waals surface area contributed by atoms with E-state index in [1.165, 1.54) is 36.8 Å². The topological polar surface area (TPSA) is 40.5 Å². The van der Waals surface area contributed by atoms with Gasteiger partial charge in [-0.05, 0) is 80.0 Å². The molecule has 0 heterocycles. The van der Waals surface area contributed by atoms with Gasteiger partial charge in [-0.15, -0.1) is 0 Å². The Hall–Kier alpha value is -1.02. The molecule has 0 saturated heterocycles. The maximum absolute atomic E-state index is 10.4. The summed E-state index contributed by atoms with van der Waals surface area (Å²) in [5.41, 5.74) is 2.76. The van der Waals surface area contributed by atoms with E-state index in [1.54, 1.807) is 13.8 Å². The Morgan fingerprint density at radius 2 is 1.90 bits per heavy atom. The molecular formula is C19H28O2. The fourth-order valence-electron chi connectivity index (χ4n) is 4.68. The summed E-state index contributed by atoms with van der Waals surface area (Å²) in [5.74, 6) is 1.57. The number of aliphatic hydroxyl groups is 1. The minimum absolute atomic E-state index is 0.255. The second-order valence-electron chi connectivity index (χ2n) is 8.26. The SMILES string of the molecule is CC(C)(O)c1cc2c(cc1O)[C@H]1CCCC(C)(C)[C@@H]1CC2. The molecule has 0 amide bonds. The molecule has 0 aromatic heterocycles. The predicted octanol–water partition coefficient (Wildman–Crippen LogP) is 4.48. The van der Waals surface area contributed by atoms with Gasteiger partial charge >= 0.3 is 0 Å². The lowest BCUT2D eigenvalue weighted by Gasteiger charge is -2.47. The van der Waals surface area contributed by atoms with Crippen molar-refractivity contribution in [2.24, 2.45) is 11.3 Å². The molecule has 0 radical (unpaired) electrons. The Kier molecular flexibility index (Phi) is 3.36. The highest BCUT2D eigenvalue weighted by Gasteiger charge is 2.42. The predicted molar refractivity (Wildman–Crippen MR) is 85.5 cm³/mol. The first kappa shape index (κ1) is 14.9. The molecule has 0 aliphatic heterocycles. The third kappa shape index (κ3) is 2.48. The number of phenolic OH excluding ortho intramolecular Hbond substituents is 1. The van der Waals surface area contributed by atoms with E-state index in [0.717, 1.165) is 12.3 Å². The molecule has 0 unspecified atom stereocenters. The average Bonchev–Trinajstić information content (AvgIpc) is 2.36. The van der Waals surface area contributed by atoms with E-state index < -0.39 is 5.60 Å². The fraction of sp³-hybridized carbons (Fsp3) is 0.684. The summed E-state index contributed by atoms with van der Waals surface area (Å²) in [5, 5.41) is 20.6. The van der Waals surface area contributed by atoms with E-state index in [9.17, 15) is 10.2 Å². The van der Waals surface area contributed by atoms with Crippen molar-refractivity contribution in [1.29, 1.82) is 0 Å². The number of hydrogen-bond acceptors (Lipinski definition) is 2. The van der Waals surface area contributed by atoms with Crippen molar-refractivity contribution in [3.63, 3.8) is 0 Å². The molecule has 21 heavy (non-hydrogen) atoms. The second kappa shape index (κ2) is 4.74. The van der Waals surface area contributed by atoms with Crippen molar-refractivity contribution in [1.82, 2.24) is 0 Å². The van der Waals surface area contributed by atoms with E-state index in [2.05, 4.69) is 13.8 Å². The molecule has 116 valence electrons. The van der Waals surface area contributed by atoms with Crippen LogP contribution in [0.5, 0.6) is 5.75 Å². The molecule has 2 nitrogen and oxygen atoms in total. The summed E-state index contributed by atoms with van der Waals surface area (Å²) >= 11 is 0. The smallest absolute Gasteiger partial charge is 0.121 e. The lowest BCUT2D eigenvalue weighted by molar-refractivity contribution is 0.0747. The zero-order valence-electron chi connectivity index (χ0n) is 13.7. The van der Waals surface area contributed by atoms with Crippen LogP contribution in [-0.4, -0.2) is 10.2 Å². The summed E-state index contributed by atoms with van der Waals surface area (Å²) in [6.45, 7) is 8.29. The highest BCUT2D eigenvalue weighted by Crippen LogP contribution is 2.54. The normalized spacial score (nSPS) is 27.9. The van der Waals surface area contributed by atoms with E-state index in [1.807, 2.05) is 12.1 Å². The van der Waals surface area contributed by atoms with Crippen molar-refractivity contribution in [2.45, 2.75) is 71.3 Å². The van der Waals surface area contributed by atoms with Crippen LogP contribution >= 0.6 is 0 Å². The van der Waals surface area contributed by atoms with Crippen LogP contribution in [0, 0.1) is 11.3 Å². The van der Waals surface area contributed by atoms with Gasteiger partial charge in [-0.25, -0.2) is 0 Å². The molecule has 0 spiro atoms. The van der Waals surface area contributed by atoms with Gasteiger partial charge in [0, 0.05) is 5.56 Å². The molecule has 2 heteroatoms. The monoisotopic (exact) mass is 288 g/mol. The summed E-state index contributed by atoms with van der Waals surface area (Å²) in [6, 6.07) is 3.99. The maximum atomic E-state index is 10.4. The first-order chi connectivity index (χ1) is 9.70. The quantitative estimate of drug-likeness (QED) is 0.800. The van der Waals surface area contributed by atoms with Crippen LogP contribution in [0.25, 0.3) is 0 Å². The molecule has 2 aliphatic rings. The zero-order chi connectivity index (χ0) is 15.4. The maximum Gasteiger partial charge on any atom is 0.121 e. The third-order valence-corrected chi connectivity index (χ3v) is 5.87. The minimum atomic E-state index is -0.984. The van der Waals surface area contributed by atoms with Crippen molar-refractivity contribution < 1.29 is 10.2 Å². The highest BCUT2D eigenvalue weighted by molar-refractivity contribution is 5.47. The molecule has 1 saturated carbocycles. The van der Waals surface area contributed by atoms with Gasteiger partial charge in [0.1, 0.15) is 5.75 Å². The Morgan fingerprint density at radius 3 is 2.57 bits per heavy atom. The Bertz CT molecular complexity index is 551. The molecular weight excluding hydrogens is 260 g/mol. The zero-order valence-corrected chi connectivity index (χ0v) is 13.7. The summed E-state index contributed by atoms with van der Waals surface area (Å²) < 4.78 is 0. The highest BCUT2D eigenvalue weighted by atomic mass is 16.3. The molecule has 3 rings (SSSR count). The average molecular weight is 288 g/mol. The third-order valence-electron chi connectivity index (χ3n) is 5.87. The van der Waals surface area contributed by atoms with Crippen molar-refractivity contribution >= 4 is 0 Å². The number of aryl methyl sites for hydroxylation is 1. The van der Waals surface area contributed by atoms with Gasteiger partial charge in [-0.1, -0.05) is 20.3 Å². The molecule has 1 aromatic rings. The van der Waals surface area contributed by atoms with Crippen molar-refractivity contribution in [3.8, 4) is 5.75 Å². The van der Waals surface area contributed by atoms with Crippen molar-refractivity contribution in [3.05, 3.63) is 28.8 Å². The molecule has 2 atom stereocenters. The summed E-state index contributed by atoms with van der Waals surface area (Å²) in [4.78, 5) is 0. The van der Waals surface area contributed by atoms with Gasteiger partial charge in [0.25, 0.3) is 0 Å². The van der Waals surface area contributed by atoms with Crippen LogP contribution in [0.15, 0.2) is 12.1 Å². The van der Waals surface area contributed by atoms with E-state index in [0.29, 0.717) is 16.9 Å². The van der Waals surface area contributed by atoms with Gasteiger partial charge in [-0.3, -0.25) is 0 Å². The number of fused-ring (bicyclic) bond motifs is 3. The van der Waals surface area contributed by atoms with Gasteiger partial charge in [-0.2, -0.15) is 0 Å². The molecule has 0 bridgehead atoms. The first-order valence-corrected chi connectivity index (χ1v) is 8.29. The second-order valence-corrected chi connectivity index (χ2v) is 8.26. The number of phenols is 1. The van der Waals surface area contributed by atoms with Crippen LogP contribution in [0.4, 0.5) is 0 Å². The van der Waals surface area contributed by atoms with Crippen LogP contribution < -0.4 is 0 Å². The first-order valence-electron chi connectivity index (χ1n) is 8.29.